The Morgan fingerprint density at radius 3 is 2.35 bits per heavy atom. The first kappa shape index (κ1) is 15.1. The van der Waals surface area contributed by atoms with Crippen LogP contribution >= 0.6 is 31.9 Å². The molecule has 3 nitrogen and oxygen atoms in total. The number of carboxylic acids is 1. The molecule has 0 heterocycles. The molecule has 0 amide bonds. The van der Waals surface area contributed by atoms with Crippen molar-refractivity contribution in [3.63, 3.8) is 0 Å². The smallest absolute Gasteiger partial charge is 0.330 e. The fourth-order valence-corrected chi connectivity index (χ4v) is 2.36. The maximum Gasteiger partial charge on any atom is 0.330 e. The third-order valence-corrected chi connectivity index (χ3v) is 4.34. The minimum atomic E-state index is -0.908. The van der Waals surface area contributed by atoms with Gasteiger partial charge < -0.3 is 10.4 Å². The average molecular weight is 399 g/mol. The fraction of sp³-hybridized carbons (Fsp3) is 0.133. The van der Waals surface area contributed by atoms with Gasteiger partial charge in [-0.2, -0.15) is 0 Å². The molecule has 0 aliphatic heterocycles. The molecule has 0 bridgehead atoms. The van der Waals surface area contributed by atoms with Crippen molar-refractivity contribution in [2.24, 2.45) is 0 Å². The van der Waals surface area contributed by atoms with Gasteiger partial charge in [0.05, 0.1) is 0 Å². The van der Waals surface area contributed by atoms with Crippen LogP contribution in [0.3, 0.4) is 0 Å². The van der Waals surface area contributed by atoms with E-state index in [1.54, 1.807) is 0 Å². The lowest BCUT2D eigenvalue weighted by Crippen LogP contribution is -2.20. The van der Waals surface area contributed by atoms with Gasteiger partial charge in [-0.1, -0.05) is 44.0 Å². The molecule has 0 saturated heterocycles. The number of halogens is 2. The zero-order valence-electron chi connectivity index (χ0n) is 10.7. The van der Waals surface area contributed by atoms with Crippen LogP contribution in [-0.2, 0) is 4.79 Å². The lowest BCUT2D eigenvalue weighted by Gasteiger charge is -2.17. The van der Waals surface area contributed by atoms with Gasteiger partial charge in [-0.15, -0.1) is 0 Å². The normalized spacial score (nSPS) is 11.9. The Balaban J connectivity index is 2.29. The molecule has 2 aromatic rings. The average Bonchev–Trinajstić information content (AvgIpc) is 2.41. The summed E-state index contributed by atoms with van der Waals surface area (Å²) in [5.74, 6) is -0.908. The Morgan fingerprint density at radius 1 is 1.15 bits per heavy atom. The van der Waals surface area contributed by atoms with Crippen molar-refractivity contribution in [1.82, 2.24) is 0 Å². The Hall–Kier alpha value is -1.33. The Bertz CT molecular complexity index is 626. The van der Waals surface area contributed by atoms with E-state index in [2.05, 4.69) is 37.2 Å². The third-order valence-electron chi connectivity index (χ3n) is 2.92. The van der Waals surface area contributed by atoms with Crippen molar-refractivity contribution >= 4 is 43.5 Å². The standard InChI is InChI=1S/C15H13Br2NO2/c1-9-8-10(2-7-13(9)17)14(15(19)20)18-12-5-3-11(16)4-6-12/h2-8,14,18H,1H3,(H,19,20). The molecule has 2 aromatic carbocycles. The van der Waals surface area contributed by atoms with Gasteiger partial charge in [0.15, 0.2) is 6.04 Å². The fourth-order valence-electron chi connectivity index (χ4n) is 1.85. The molecule has 104 valence electrons. The zero-order chi connectivity index (χ0) is 14.7. The molecule has 0 aliphatic rings. The molecular formula is C15H13Br2NO2. The molecular weight excluding hydrogens is 386 g/mol. The SMILES string of the molecule is Cc1cc(C(Nc2ccc(Br)cc2)C(=O)O)ccc1Br. The van der Waals surface area contributed by atoms with E-state index >= 15 is 0 Å². The van der Waals surface area contributed by atoms with Gasteiger partial charge in [0, 0.05) is 14.6 Å². The van der Waals surface area contributed by atoms with Crippen LogP contribution in [-0.4, -0.2) is 11.1 Å². The molecule has 20 heavy (non-hydrogen) atoms. The van der Waals surface area contributed by atoms with Gasteiger partial charge in [0.25, 0.3) is 0 Å². The van der Waals surface area contributed by atoms with Crippen molar-refractivity contribution in [3.8, 4) is 0 Å². The Kier molecular flexibility index (Phi) is 4.83. The number of aryl methyl sites for hydroxylation is 1. The molecule has 2 N–H and O–H groups in total. The summed E-state index contributed by atoms with van der Waals surface area (Å²) < 4.78 is 1.92. The summed E-state index contributed by atoms with van der Waals surface area (Å²) in [6.45, 7) is 1.94. The van der Waals surface area contributed by atoms with Gasteiger partial charge >= 0.3 is 5.97 Å². The molecule has 0 fully saturated rings. The van der Waals surface area contributed by atoms with Crippen LogP contribution in [0, 0.1) is 6.92 Å². The Labute approximate surface area is 134 Å². The van der Waals surface area contributed by atoms with E-state index in [0.717, 1.165) is 25.8 Å². The van der Waals surface area contributed by atoms with Crippen LogP contribution in [0.4, 0.5) is 5.69 Å². The van der Waals surface area contributed by atoms with Crippen LogP contribution in [0.5, 0.6) is 0 Å². The number of aliphatic carboxylic acids is 1. The summed E-state index contributed by atoms with van der Waals surface area (Å²) >= 11 is 6.77. The molecule has 0 aliphatic carbocycles. The molecule has 1 unspecified atom stereocenters. The minimum absolute atomic E-state index is 0.723. The van der Waals surface area contributed by atoms with E-state index in [1.165, 1.54) is 0 Å². The topological polar surface area (TPSA) is 49.3 Å². The number of hydrogen-bond acceptors (Lipinski definition) is 2. The van der Waals surface area contributed by atoms with Gasteiger partial charge in [-0.05, 0) is 48.4 Å². The second kappa shape index (κ2) is 6.41. The first-order valence-corrected chi connectivity index (χ1v) is 7.57. The number of carboxylic acid groups (broad SMARTS) is 1. The maximum absolute atomic E-state index is 11.5. The van der Waals surface area contributed by atoms with E-state index in [1.807, 2.05) is 49.4 Å². The lowest BCUT2D eigenvalue weighted by atomic mass is 10.0. The van der Waals surface area contributed by atoms with Crippen molar-refractivity contribution in [2.45, 2.75) is 13.0 Å². The summed E-state index contributed by atoms with van der Waals surface area (Å²) in [5, 5.41) is 12.5. The van der Waals surface area contributed by atoms with Crippen molar-refractivity contribution < 1.29 is 9.90 Å². The predicted molar refractivity (Wildman–Crippen MR) is 87.0 cm³/mol. The van der Waals surface area contributed by atoms with E-state index < -0.39 is 12.0 Å². The number of hydrogen-bond donors (Lipinski definition) is 2. The van der Waals surface area contributed by atoms with E-state index in [0.29, 0.717) is 0 Å². The highest BCUT2D eigenvalue weighted by Crippen LogP contribution is 2.25. The number of nitrogens with one attached hydrogen (secondary N) is 1. The summed E-state index contributed by atoms with van der Waals surface area (Å²) in [6, 6.07) is 12.2. The van der Waals surface area contributed by atoms with Crippen LogP contribution in [0.25, 0.3) is 0 Å². The lowest BCUT2D eigenvalue weighted by molar-refractivity contribution is -0.138. The molecule has 0 spiro atoms. The van der Waals surface area contributed by atoms with Gasteiger partial charge in [-0.25, -0.2) is 4.79 Å². The molecule has 0 radical (unpaired) electrons. The molecule has 1 atom stereocenters. The highest BCUT2D eigenvalue weighted by Gasteiger charge is 2.20. The second-order valence-electron chi connectivity index (χ2n) is 4.43. The van der Waals surface area contributed by atoms with E-state index in [4.69, 9.17) is 0 Å². The number of carbonyl (C=O) groups is 1. The number of benzene rings is 2. The largest absolute Gasteiger partial charge is 0.479 e. The van der Waals surface area contributed by atoms with Gasteiger partial charge in [0.1, 0.15) is 0 Å². The molecule has 0 aromatic heterocycles. The predicted octanol–water partition coefficient (Wildman–Crippen LogP) is 4.76. The Morgan fingerprint density at radius 2 is 1.80 bits per heavy atom. The minimum Gasteiger partial charge on any atom is -0.479 e. The first-order chi connectivity index (χ1) is 9.47. The summed E-state index contributed by atoms with van der Waals surface area (Å²) in [6.07, 6.45) is 0. The quantitative estimate of drug-likeness (QED) is 0.780. The molecule has 5 heteroatoms. The van der Waals surface area contributed by atoms with Crippen LogP contribution in [0.15, 0.2) is 51.4 Å². The highest BCUT2D eigenvalue weighted by molar-refractivity contribution is 9.10. The van der Waals surface area contributed by atoms with Crippen LogP contribution < -0.4 is 5.32 Å². The summed E-state index contributed by atoms with van der Waals surface area (Å²) in [7, 11) is 0. The first-order valence-electron chi connectivity index (χ1n) is 5.98. The number of anilines is 1. The molecule has 0 saturated carbocycles. The monoisotopic (exact) mass is 397 g/mol. The van der Waals surface area contributed by atoms with Gasteiger partial charge in [-0.3, -0.25) is 0 Å². The van der Waals surface area contributed by atoms with E-state index in [9.17, 15) is 9.90 Å². The second-order valence-corrected chi connectivity index (χ2v) is 6.20. The highest BCUT2D eigenvalue weighted by atomic mass is 79.9. The maximum atomic E-state index is 11.5. The van der Waals surface area contributed by atoms with Crippen LogP contribution in [0.1, 0.15) is 17.2 Å². The van der Waals surface area contributed by atoms with Crippen molar-refractivity contribution in [1.29, 1.82) is 0 Å². The zero-order valence-corrected chi connectivity index (χ0v) is 13.9. The summed E-state index contributed by atoms with van der Waals surface area (Å²) in [5.41, 5.74) is 2.49. The number of rotatable bonds is 4. The van der Waals surface area contributed by atoms with Crippen LogP contribution in [0.2, 0.25) is 0 Å². The van der Waals surface area contributed by atoms with Crippen molar-refractivity contribution in [2.75, 3.05) is 5.32 Å². The van der Waals surface area contributed by atoms with Crippen molar-refractivity contribution in [3.05, 3.63) is 62.5 Å². The van der Waals surface area contributed by atoms with E-state index in [-0.39, 0.29) is 0 Å². The summed E-state index contributed by atoms with van der Waals surface area (Å²) in [4.78, 5) is 11.5. The van der Waals surface area contributed by atoms with Gasteiger partial charge in [0.2, 0.25) is 0 Å². The third kappa shape index (κ3) is 3.61. The molecule has 2 rings (SSSR count).